The molecule has 3 heteroatoms. The van der Waals surface area contributed by atoms with Crippen LogP contribution in [0.25, 0.3) is 0 Å². The molecule has 0 aliphatic rings. The van der Waals surface area contributed by atoms with Gasteiger partial charge in [0, 0.05) is 18.8 Å². The number of benzene rings is 1. The van der Waals surface area contributed by atoms with Crippen molar-refractivity contribution >= 4 is 0 Å². The molecule has 0 aliphatic carbocycles. The number of rotatable bonds is 2. The normalized spacial score (nSPS) is 12.7. The van der Waals surface area contributed by atoms with Gasteiger partial charge in [0.25, 0.3) is 0 Å². The summed E-state index contributed by atoms with van der Waals surface area (Å²) in [5.74, 6) is 0. The van der Waals surface area contributed by atoms with E-state index < -0.39 is 6.10 Å². The van der Waals surface area contributed by atoms with Gasteiger partial charge >= 0.3 is 0 Å². The van der Waals surface area contributed by atoms with E-state index in [1.165, 1.54) is 5.56 Å². The Morgan fingerprint density at radius 2 is 1.87 bits per heavy atom. The van der Waals surface area contributed by atoms with Crippen LogP contribution in [0.1, 0.15) is 22.8 Å². The molecule has 0 saturated heterocycles. The second kappa shape index (κ2) is 3.87. The Morgan fingerprint density at radius 3 is 2.40 bits per heavy atom. The third-order valence-electron chi connectivity index (χ3n) is 2.43. The molecule has 1 heterocycles. The molecule has 0 saturated carbocycles. The van der Waals surface area contributed by atoms with Crippen LogP contribution in [0.15, 0.2) is 36.7 Å². The molecule has 0 aliphatic heterocycles. The summed E-state index contributed by atoms with van der Waals surface area (Å²) < 4.78 is 1.69. The third kappa shape index (κ3) is 2.07. The van der Waals surface area contributed by atoms with Gasteiger partial charge in [-0.05, 0) is 12.5 Å². The van der Waals surface area contributed by atoms with E-state index in [9.17, 15) is 5.11 Å². The van der Waals surface area contributed by atoms with E-state index in [0.29, 0.717) is 0 Å². The van der Waals surface area contributed by atoms with Crippen LogP contribution >= 0.6 is 0 Å². The number of hydrogen-bond acceptors (Lipinski definition) is 2. The first-order valence-electron chi connectivity index (χ1n) is 4.90. The van der Waals surface area contributed by atoms with Gasteiger partial charge in [0.1, 0.15) is 6.10 Å². The molecule has 0 amide bonds. The zero-order valence-electron chi connectivity index (χ0n) is 8.88. The van der Waals surface area contributed by atoms with E-state index in [4.69, 9.17) is 0 Å². The zero-order valence-corrected chi connectivity index (χ0v) is 8.88. The van der Waals surface area contributed by atoms with Crippen LogP contribution in [0.4, 0.5) is 0 Å². The predicted octanol–water partition coefficient (Wildman–Crippen LogP) is 1.81. The first kappa shape index (κ1) is 9.93. The summed E-state index contributed by atoms with van der Waals surface area (Å²) in [6.45, 7) is 2.03. The van der Waals surface area contributed by atoms with Crippen molar-refractivity contribution in [3.63, 3.8) is 0 Å². The standard InChI is InChI=1S/C12H14N2O/c1-9-3-5-10(6-4-9)12(15)11-7-13-14(2)8-11/h3-8,12,15H,1-2H3. The van der Waals surface area contributed by atoms with E-state index in [0.717, 1.165) is 11.1 Å². The highest BCUT2D eigenvalue weighted by atomic mass is 16.3. The van der Waals surface area contributed by atoms with Crippen molar-refractivity contribution in [2.24, 2.45) is 7.05 Å². The summed E-state index contributed by atoms with van der Waals surface area (Å²) in [4.78, 5) is 0. The van der Waals surface area contributed by atoms with Gasteiger partial charge in [0.2, 0.25) is 0 Å². The second-order valence-electron chi connectivity index (χ2n) is 3.76. The predicted molar refractivity (Wildman–Crippen MR) is 58.4 cm³/mol. The van der Waals surface area contributed by atoms with Gasteiger partial charge in [0.05, 0.1) is 6.20 Å². The van der Waals surface area contributed by atoms with Crippen LogP contribution in [-0.4, -0.2) is 14.9 Å². The molecule has 1 atom stereocenters. The van der Waals surface area contributed by atoms with Crippen molar-refractivity contribution in [1.29, 1.82) is 0 Å². The summed E-state index contributed by atoms with van der Waals surface area (Å²) in [5, 5.41) is 14.1. The SMILES string of the molecule is Cc1ccc(C(O)c2cnn(C)c2)cc1. The minimum Gasteiger partial charge on any atom is -0.384 e. The number of aromatic nitrogens is 2. The van der Waals surface area contributed by atoms with Crippen molar-refractivity contribution in [3.8, 4) is 0 Å². The fourth-order valence-corrected chi connectivity index (χ4v) is 1.52. The van der Waals surface area contributed by atoms with Gasteiger partial charge in [-0.2, -0.15) is 5.10 Å². The van der Waals surface area contributed by atoms with Crippen LogP contribution in [0.5, 0.6) is 0 Å². The maximum absolute atomic E-state index is 10.0. The van der Waals surface area contributed by atoms with Crippen LogP contribution in [-0.2, 0) is 7.05 Å². The van der Waals surface area contributed by atoms with E-state index in [-0.39, 0.29) is 0 Å². The highest BCUT2D eigenvalue weighted by Gasteiger charge is 2.11. The monoisotopic (exact) mass is 202 g/mol. The third-order valence-corrected chi connectivity index (χ3v) is 2.43. The fraction of sp³-hybridized carbons (Fsp3) is 0.250. The molecule has 0 bridgehead atoms. The Morgan fingerprint density at radius 1 is 1.20 bits per heavy atom. The number of nitrogens with zero attached hydrogens (tertiary/aromatic N) is 2. The molecule has 0 fully saturated rings. The van der Waals surface area contributed by atoms with Crippen molar-refractivity contribution in [3.05, 3.63) is 53.3 Å². The lowest BCUT2D eigenvalue weighted by molar-refractivity contribution is 0.220. The minimum absolute atomic E-state index is 0.584. The quantitative estimate of drug-likeness (QED) is 0.806. The summed E-state index contributed by atoms with van der Waals surface area (Å²) in [6.07, 6.45) is 2.92. The van der Waals surface area contributed by atoms with Crippen LogP contribution in [0.3, 0.4) is 0 Å². The maximum Gasteiger partial charge on any atom is 0.107 e. The topological polar surface area (TPSA) is 38.1 Å². The van der Waals surface area contributed by atoms with Gasteiger partial charge in [0.15, 0.2) is 0 Å². The van der Waals surface area contributed by atoms with E-state index >= 15 is 0 Å². The lowest BCUT2D eigenvalue weighted by atomic mass is 10.0. The molecule has 15 heavy (non-hydrogen) atoms. The van der Waals surface area contributed by atoms with E-state index in [1.54, 1.807) is 10.9 Å². The Labute approximate surface area is 89.0 Å². The lowest BCUT2D eigenvalue weighted by Gasteiger charge is -2.08. The molecule has 1 aromatic heterocycles. The Hall–Kier alpha value is -1.61. The number of aryl methyl sites for hydroxylation is 2. The molecule has 0 radical (unpaired) electrons. The summed E-state index contributed by atoms with van der Waals surface area (Å²) >= 11 is 0. The first-order chi connectivity index (χ1) is 7.16. The number of hydrogen-bond donors (Lipinski definition) is 1. The van der Waals surface area contributed by atoms with Gasteiger partial charge in [-0.3, -0.25) is 4.68 Å². The van der Waals surface area contributed by atoms with Crippen molar-refractivity contribution in [2.45, 2.75) is 13.0 Å². The smallest absolute Gasteiger partial charge is 0.107 e. The fourth-order valence-electron chi connectivity index (χ4n) is 1.52. The van der Waals surface area contributed by atoms with Crippen molar-refractivity contribution < 1.29 is 5.11 Å². The average Bonchev–Trinajstić information content (AvgIpc) is 2.65. The average molecular weight is 202 g/mol. The molecule has 78 valence electrons. The van der Waals surface area contributed by atoms with Gasteiger partial charge in [-0.25, -0.2) is 0 Å². The first-order valence-corrected chi connectivity index (χ1v) is 4.90. The van der Waals surface area contributed by atoms with Crippen molar-refractivity contribution in [2.75, 3.05) is 0 Å². The lowest BCUT2D eigenvalue weighted by Crippen LogP contribution is -1.98. The largest absolute Gasteiger partial charge is 0.384 e. The molecular weight excluding hydrogens is 188 g/mol. The Bertz CT molecular complexity index is 445. The second-order valence-corrected chi connectivity index (χ2v) is 3.76. The van der Waals surface area contributed by atoms with Gasteiger partial charge in [-0.1, -0.05) is 29.8 Å². The van der Waals surface area contributed by atoms with Crippen LogP contribution in [0.2, 0.25) is 0 Å². The molecule has 3 nitrogen and oxygen atoms in total. The molecule has 0 spiro atoms. The van der Waals surface area contributed by atoms with Crippen molar-refractivity contribution in [1.82, 2.24) is 9.78 Å². The van der Waals surface area contributed by atoms with Crippen LogP contribution in [0, 0.1) is 6.92 Å². The van der Waals surface area contributed by atoms with Crippen LogP contribution < -0.4 is 0 Å². The summed E-state index contributed by atoms with van der Waals surface area (Å²) in [7, 11) is 1.84. The highest BCUT2D eigenvalue weighted by Crippen LogP contribution is 2.21. The minimum atomic E-state index is -0.584. The molecule has 1 unspecified atom stereocenters. The Kier molecular flexibility index (Phi) is 2.56. The molecule has 1 aromatic carbocycles. The van der Waals surface area contributed by atoms with E-state index in [1.807, 2.05) is 44.4 Å². The summed E-state index contributed by atoms with van der Waals surface area (Å²) in [6, 6.07) is 7.86. The number of aliphatic hydroxyl groups is 1. The molecule has 2 aromatic rings. The highest BCUT2D eigenvalue weighted by molar-refractivity contribution is 5.29. The number of aliphatic hydroxyl groups excluding tert-OH is 1. The molecular formula is C12H14N2O. The summed E-state index contributed by atoms with van der Waals surface area (Å²) in [5.41, 5.74) is 2.91. The zero-order chi connectivity index (χ0) is 10.8. The molecule has 2 rings (SSSR count). The van der Waals surface area contributed by atoms with Gasteiger partial charge < -0.3 is 5.11 Å². The van der Waals surface area contributed by atoms with E-state index in [2.05, 4.69) is 5.10 Å². The maximum atomic E-state index is 10.0. The van der Waals surface area contributed by atoms with Gasteiger partial charge in [-0.15, -0.1) is 0 Å². The molecule has 1 N–H and O–H groups in total. The Balaban J connectivity index is 2.28.